The molecule has 1 unspecified atom stereocenters. The van der Waals surface area contributed by atoms with E-state index in [1.165, 1.54) is 12.1 Å². The lowest BCUT2D eigenvalue weighted by atomic mass is 10.0. The number of rotatable bonds is 7. The van der Waals surface area contributed by atoms with Gasteiger partial charge in [0.1, 0.15) is 5.82 Å². The van der Waals surface area contributed by atoms with Crippen LogP contribution in [0.5, 0.6) is 0 Å². The third kappa shape index (κ3) is 8.00. The van der Waals surface area contributed by atoms with E-state index in [1.807, 2.05) is 0 Å². The number of hydrogen-bond donors (Lipinski definition) is 3. The minimum absolute atomic E-state index is 0.215. The average Bonchev–Trinajstić information content (AvgIpc) is 2.59. The Morgan fingerprint density at radius 2 is 2.19 bits per heavy atom. The van der Waals surface area contributed by atoms with E-state index in [9.17, 15) is 12.8 Å². The summed E-state index contributed by atoms with van der Waals surface area (Å²) < 4.78 is 37.8. The van der Waals surface area contributed by atoms with Crippen LogP contribution in [0.25, 0.3) is 0 Å². The molecule has 1 aromatic rings. The van der Waals surface area contributed by atoms with Gasteiger partial charge >= 0.3 is 0 Å². The molecule has 1 aromatic carbocycles. The van der Waals surface area contributed by atoms with Gasteiger partial charge in [-0.25, -0.2) is 17.5 Å². The first-order valence-corrected chi connectivity index (χ1v) is 11.1. The summed E-state index contributed by atoms with van der Waals surface area (Å²) in [6.45, 7) is 3.17. The van der Waals surface area contributed by atoms with Crippen molar-refractivity contribution in [3.8, 4) is 0 Å². The zero-order chi connectivity index (χ0) is 19.9. The van der Waals surface area contributed by atoms with Crippen LogP contribution in [-0.4, -0.2) is 64.8 Å². The van der Waals surface area contributed by atoms with Crippen LogP contribution in [0, 0.1) is 5.82 Å². The van der Waals surface area contributed by atoms with Crippen molar-refractivity contribution >= 4 is 27.6 Å². The van der Waals surface area contributed by atoms with Gasteiger partial charge in [-0.1, -0.05) is 17.7 Å². The maximum absolute atomic E-state index is 13.2. The molecular formula is C17H27ClFN5O2S. The number of piperidine rings is 1. The van der Waals surface area contributed by atoms with E-state index in [1.54, 1.807) is 13.1 Å². The van der Waals surface area contributed by atoms with Crippen LogP contribution < -0.4 is 15.4 Å². The average molecular weight is 420 g/mol. The van der Waals surface area contributed by atoms with Crippen molar-refractivity contribution < 1.29 is 12.8 Å². The van der Waals surface area contributed by atoms with Crippen molar-refractivity contribution in [1.29, 1.82) is 0 Å². The Kier molecular flexibility index (Phi) is 8.28. The number of nitrogens with one attached hydrogen (secondary N) is 3. The van der Waals surface area contributed by atoms with Gasteiger partial charge < -0.3 is 10.6 Å². The summed E-state index contributed by atoms with van der Waals surface area (Å²) >= 11 is 6.13. The fourth-order valence-corrected chi connectivity index (χ4v) is 3.71. The molecule has 1 aliphatic rings. The quantitative estimate of drug-likeness (QED) is 0.351. The number of benzene rings is 1. The Morgan fingerprint density at radius 1 is 1.41 bits per heavy atom. The zero-order valence-corrected chi connectivity index (χ0v) is 17.2. The topological polar surface area (TPSA) is 85.8 Å². The number of halogens is 2. The SMILES string of the molecule is CN=C(NCCNS(C)(=O)=O)NC1CCCN(Cc2ccc(F)cc2Cl)C1. The van der Waals surface area contributed by atoms with Gasteiger partial charge in [-0.3, -0.25) is 9.89 Å². The van der Waals surface area contributed by atoms with Crippen LogP contribution in [0.1, 0.15) is 18.4 Å². The van der Waals surface area contributed by atoms with E-state index in [-0.39, 0.29) is 11.9 Å². The molecule has 10 heteroatoms. The molecule has 0 amide bonds. The van der Waals surface area contributed by atoms with Crippen LogP contribution >= 0.6 is 11.6 Å². The first-order chi connectivity index (χ1) is 12.8. The van der Waals surface area contributed by atoms with E-state index < -0.39 is 10.0 Å². The highest BCUT2D eigenvalue weighted by Gasteiger charge is 2.21. The molecule has 27 heavy (non-hydrogen) atoms. The lowest BCUT2D eigenvalue weighted by Crippen LogP contribution is -2.51. The van der Waals surface area contributed by atoms with Crippen LogP contribution in [0.15, 0.2) is 23.2 Å². The second-order valence-corrected chi connectivity index (χ2v) is 8.86. The number of nitrogens with zero attached hydrogens (tertiary/aromatic N) is 2. The molecule has 3 N–H and O–H groups in total. The van der Waals surface area contributed by atoms with Crippen molar-refractivity contribution in [3.05, 3.63) is 34.6 Å². The molecule has 1 heterocycles. The third-order valence-corrected chi connectivity index (χ3v) is 5.34. The molecule has 1 fully saturated rings. The second-order valence-electron chi connectivity index (χ2n) is 6.62. The van der Waals surface area contributed by atoms with Gasteiger partial charge in [-0.2, -0.15) is 0 Å². The van der Waals surface area contributed by atoms with Crippen molar-refractivity contribution in [2.45, 2.75) is 25.4 Å². The summed E-state index contributed by atoms with van der Waals surface area (Å²) in [5.74, 6) is 0.305. The number of likely N-dealkylation sites (tertiary alicyclic amines) is 1. The summed E-state index contributed by atoms with van der Waals surface area (Å²) in [4.78, 5) is 6.46. The minimum Gasteiger partial charge on any atom is -0.355 e. The first-order valence-electron chi connectivity index (χ1n) is 8.85. The standard InChI is InChI=1S/C17H27ClFN5O2S/c1-20-17(21-7-8-22-27(2,25)26)23-15-4-3-9-24(12-15)11-13-5-6-14(19)10-16(13)18/h5-6,10,15,22H,3-4,7-9,11-12H2,1-2H3,(H2,20,21,23). The molecule has 7 nitrogen and oxygen atoms in total. The largest absolute Gasteiger partial charge is 0.355 e. The lowest BCUT2D eigenvalue weighted by molar-refractivity contribution is 0.192. The second kappa shape index (κ2) is 10.2. The molecule has 2 rings (SSSR count). The Hall–Kier alpha value is -1.42. The summed E-state index contributed by atoms with van der Waals surface area (Å²) in [6.07, 6.45) is 3.17. The van der Waals surface area contributed by atoms with E-state index >= 15 is 0 Å². The summed E-state index contributed by atoms with van der Waals surface area (Å²) in [6, 6.07) is 4.71. The van der Waals surface area contributed by atoms with Gasteiger partial charge in [0.25, 0.3) is 0 Å². The highest BCUT2D eigenvalue weighted by Crippen LogP contribution is 2.21. The summed E-state index contributed by atoms with van der Waals surface area (Å²) in [5.41, 5.74) is 0.910. The molecule has 0 bridgehead atoms. The Bertz CT molecular complexity index is 760. The molecule has 1 aliphatic heterocycles. The van der Waals surface area contributed by atoms with Gasteiger partial charge in [-0.05, 0) is 37.1 Å². The van der Waals surface area contributed by atoms with Crippen LogP contribution in [0.2, 0.25) is 5.02 Å². The molecule has 1 atom stereocenters. The normalized spacial score (nSPS) is 19.1. The Labute approximate surface area is 165 Å². The van der Waals surface area contributed by atoms with Crippen molar-refractivity contribution in [3.63, 3.8) is 0 Å². The number of hydrogen-bond acceptors (Lipinski definition) is 4. The Morgan fingerprint density at radius 3 is 2.85 bits per heavy atom. The summed E-state index contributed by atoms with van der Waals surface area (Å²) in [7, 11) is -1.51. The van der Waals surface area contributed by atoms with E-state index in [0.717, 1.165) is 37.8 Å². The fraction of sp³-hybridized carbons (Fsp3) is 0.588. The van der Waals surface area contributed by atoms with E-state index in [2.05, 4.69) is 25.2 Å². The molecule has 0 aromatic heterocycles. The van der Waals surface area contributed by atoms with Gasteiger partial charge in [0.2, 0.25) is 10.0 Å². The maximum atomic E-state index is 13.2. The smallest absolute Gasteiger partial charge is 0.208 e. The molecule has 0 spiro atoms. The van der Waals surface area contributed by atoms with Crippen LogP contribution in [0.3, 0.4) is 0 Å². The predicted octanol–water partition coefficient (Wildman–Crippen LogP) is 1.16. The summed E-state index contributed by atoms with van der Waals surface area (Å²) in [5, 5.41) is 6.91. The highest BCUT2D eigenvalue weighted by molar-refractivity contribution is 7.88. The zero-order valence-electron chi connectivity index (χ0n) is 15.6. The monoisotopic (exact) mass is 419 g/mol. The van der Waals surface area contributed by atoms with Crippen molar-refractivity contribution in [2.75, 3.05) is 39.5 Å². The molecule has 0 saturated carbocycles. The third-order valence-electron chi connectivity index (χ3n) is 4.26. The lowest BCUT2D eigenvalue weighted by Gasteiger charge is -2.34. The maximum Gasteiger partial charge on any atom is 0.208 e. The molecule has 152 valence electrons. The van der Waals surface area contributed by atoms with Gasteiger partial charge in [0.05, 0.1) is 6.26 Å². The van der Waals surface area contributed by atoms with Crippen molar-refractivity contribution in [2.24, 2.45) is 4.99 Å². The van der Waals surface area contributed by atoms with Crippen molar-refractivity contribution in [1.82, 2.24) is 20.3 Å². The number of guanidine groups is 1. The highest BCUT2D eigenvalue weighted by atomic mass is 35.5. The first kappa shape index (κ1) is 21.9. The molecular weight excluding hydrogens is 393 g/mol. The fourth-order valence-electron chi connectivity index (χ4n) is 3.01. The number of sulfonamides is 1. The van der Waals surface area contributed by atoms with Gasteiger partial charge in [0, 0.05) is 44.3 Å². The van der Waals surface area contributed by atoms with Gasteiger partial charge in [-0.15, -0.1) is 0 Å². The molecule has 0 aliphatic carbocycles. The number of aliphatic imine (C=N–C) groups is 1. The van der Waals surface area contributed by atoms with E-state index in [0.29, 0.717) is 30.6 Å². The van der Waals surface area contributed by atoms with E-state index in [4.69, 9.17) is 11.6 Å². The Balaban J connectivity index is 1.82. The van der Waals surface area contributed by atoms with Crippen LogP contribution in [0.4, 0.5) is 4.39 Å². The van der Waals surface area contributed by atoms with Gasteiger partial charge in [0.15, 0.2) is 5.96 Å². The predicted molar refractivity (Wildman–Crippen MR) is 107 cm³/mol. The minimum atomic E-state index is -3.19. The molecule has 0 radical (unpaired) electrons. The molecule has 1 saturated heterocycles. The van der Waals surface area contributed by atoms with Crippen LogP contribution in [-0.2, 0) is 16.6 Å².